The average molecular weight is 224 g/mol. The lowest BCUT2D eigenvalue weighted by Gasteiger charge is -2.31. The smallest absolute Gasteiger partial charge is 0.0226 e. The van der Waals surface area contributed by atoms with E-state index >= 15 is 0 Å². The highest BCUT2D eigenvalue weighted by atomic mass is 15.2. The summed E-state index contributed by atoms with van der Waals surface area (Å²) >= 11 is 0. The summed E-state index contributed by atoms with van der Waals surface area (Å²) in [6.07, 6.45) is 7.39. The predicted octanol–water partition coefficient (Wildman–Crippen LogP) is 2.80. The summed E-state index contributed by atoms with van der Waals surface area (Å²) in [6, 6.07) is 2.12. The van der Waals surface area contributed by atoms with Gasteiger partial charge in [0.05, 0.1) is 0 Å². The number of nitrogens with zero attached hydrogens (tertiary/aromatic N) is 1. The van der Waals surface area contributed by atoms with Gasteiger partial charge in [0.25, 0.3) is 0 Å². The molecule has 1 N–H and O–H groups in total. The lowest BCUT2D eigenvalue weighted by atomic mass is 10.1. The van der Waals surface area contributed by atoms with Gasteiger partial charge in [0, 0.05) is 31.2 Å². The van der Waals surface area contributed by atoms with Crippen LogP contribution < -0.4 is 5.32 Å². The molecule has 1 saturated carbocycles. The maximum Gasteiger partial charge on any atom is 0.0226 e. The highest BCUT2D eigenvalue weighted by Crippen LogP contribution is 2.29. The zero-order valence-corrected chi connectivity index (χ0v) is 11.2. The minimum atomic E-state index is 0.587. The third kappa shape index (κ3) is 4.67. The molecule has 0 amide bonds. The molecule has 2 nitrogen and oxygen atoms in total. The van der Waals surface area contributed by atoms with E-state index < -0.39 is 0 Å². The normalized spacial score (nSPS) is 18.1. The monoisotopic (exact) mass is 224 g/mol. The molecule has 1 aliphatic carbocycles. The zero-order chi connectivity index (χ0) is 12.0. The van der Waals surface area contributed by atoms with Crippen molar-refractivity contribution in [3.05, 3.63) is 12.7 Å². The Bertz CT molecular complexity index is 197. The summed E-state index contributed by atoms with van der Waals surface area (Å²) in [5, 5.41) is 3.58. The Morgan fingerprint density at radius 1 is 1.44 bits per heavy atom. The number of rotatable bonds is 9. The van der Waals surface area contributed by atoms with Crippen molar-refractivity contribution in [2.24, 2.45) is 0 Å². The van der Waals surface area contributed by atoms with Crippen LogP contribution in [-0.2, 0) is 0 Å². The molecule has 94 valence electrons. The van der Waals surface area contributed by atoms with E-state index in [0.717, 1.165) is 19.1 Å². The van der Waals surface area contributed by atoms with Crippen molar-refractivity contribution < 1.29 is 0 Å². The van der Waals surface area contributed by atoms with Crippen LogP contribution >= 0.6 is 0 Å². The van der Waals surface area contributed by atoms with Gasteiger partial charge in [-0.25, -0.2) is 0 Å². The molecule has 0 aromatic carbocycles. The lowest BCUT2D eigenvalue weighted by molar-refractivity contribution is 0.188. The van der Waals surface area contributed by atoms with Crippen LogP contribution in [-0.4, -0.2) is 36.1 Å². The quantitative estimate of drug-likeness (QED) is 0.606. The van der Waals surface area contributed by atoms with Crippen molar-refractivity contribution in [3.63, 3.8) is 0 Å². The van der Waals surface area contributed by atoms with E-state index in [4.69, 9.17) is 0 Å². The fourth-order valence-corrected chi connectivity index (χ4v) is 2.24. The lowest BCUT2D eigenvalue weighted by Crippen LogP contribution is -2.45. The Kier molecular flexibility index (Phi) is 6.07. The summed E-state index contributed by atoms with van der Waals surface area (Å²) in [7, 11) is 0. The molecule has 0 bridgehead atoms. The zero-order valence-electron chi connectivity index (χ0n) is 11.2. The van der Waals surface area contributed by atoms with Gasteiger partial charge in [0.2, 0.25) is 0 Å². The van der Waals surface area contributed by atoms with E-state index in [1.165, 1.54) is 25.7 Å². The SMILES string of the molecule is C=CCN(C1CC1)C(CCC)CNC(C)C. The van der Waals surface area contributed by atoms with Gasteiger partial charge in [-0.15, -0.1) is 6.58 Å². The van der Waals surface area contributed by atoms with Gasteiger partial charge in [0.15, 0.2) is 0 Å². The second-order valence-electron chi connectivity index (χ2n) is 5.22. The number of nitrogens with one attached hydrogen (secondary N) is 1. The predicted molar refractivity (Wildman–Crippen MR) is 71.8 cm³/mol. The molecule has 0 saturated heterocycles. The molecule has 0 aromatic heterocycles. The topological polar surface area (TPSA) is 15.3 Å². The third-order valence-corrected chi connectivity index (χ3v) is 3.21. The highest BCUT2D eigenvalue weighted by molar-refractivity contribution is 4.92. The number of hydrogen-bond donors (Lipinski definition) is 1. The summed E-state index contributed by atoms with van der Waals surface area (Å²) in [5.74, 6) is 0. The second-order valence-corrected chi connectivity index (χ2v) is 5.22. The molecular weight excluding hydrogens is 196 g/mol. The van der Waals surface area contributed by atoms with Gasteiger partial charge in [-0.2, -0.15) is 0 Å². The van der Waals surface area contributed by atoms with Crippen molar-refractivity contribution in [3.8, 4) is 0 Å². The Morgan fingerprint density at radius 2 is 2.12 bits per heavy atom. The molecular formula is C14H28N2. The van der Waals surface area contributed by atoms with Gasteiger partial charge in [0.1, 0.15) is 0 Å². The first-order valence-electron chi connectivity index (χ1n) is 6.79. The third-order valence-electron chi connectivity index (χ3n) is 3.21. The van der Waals surface area contributed by atoms with E-state index in [-0.39, 0.29) is 0 Å². The molecule has 0 aromatic rings. The minimum Gasteiger partial charge on any atom is -0.313 e. The van der Waals surface area contributed by atoms with E-state index in [9.17, 15) is 0 Å². The van der Waals surface area contributed by atoms with Crippen LogP contribution in [0.1, 0.15) is 46.5 Å². The Balaban J connectivity index is 2.46. The molecule has 1 aliphatic rings. The van der Waals surface area contributed by atoms with Gasteiger partial charge in [-0.1, -0.05) is 33.3 Å². The molecule has 0 spiro atoms. The van der Waals surface area contributed by atoms with Crippen molar-refractivity contribution in [1.82, 2.24) is 10.2 Å². The summed E-state index contributed by atoms with van der Waals surface area (Å²) in [4.78, 5) is 2.64. The van der Waals surface area contributed by atoms with E-state index in [1.54, 1.807) is 0 Å². The molecule has 0 aliphatic heterocycles. The maximum absolute atomic E-state index is 3.89. The van der Waals surface area contributed by atoms with Crippen molar-refractivity contribution in [2.75, 3.05) is 13.1 Å². The standard InChI is InChI=1S/C14H28N2/c1-5-7-14(11-15-12(3)4)16(10-6-2)13-8-9-13/h6,12-15H,2,5,7-11H2,1,3-4H3. The highest BCUT2D eigenvalue weighted by Gasteiger charge is 2.32. The first-order valence-corrected chi connectivity index (χ1v) is 6.79. The van der Waals surface area contributed by atoms with E-state index in [1.807, 2.05) is 0 Å². The van der Waals surface area contributed by atoms with Gasteiger partial charge >= 0.3 is 0 Å². The molecule has 1 unspecified atom stereocenters. The van der Waals surface area contributed by atoms with Crippen molar-refractivity contribution in [2.45, 2.75) is 64.6 Å². The first kappa shape index (κ1) is 13.7. The summed E-state index contributed by atoms with van der Waals surface area (Å²) in [5.41, 5.74) is 0. The van der Waals surface area contributed by atoms with E-state index in [0.29, 0.717) is 12.1 Å². The molecule has 1 fully saturated rings. The van der Waals surface area contributed by atoms with Crippen molar-refractivity contribution >= 4 is 0 Å². The first-order chi connectivity index (χ1) is 7.69. The Hall–Kier alpha value is -0.340. The fourth-order valence-electron chi connectivity index (χ4n) is 2.24. The van der Waals surface area contributed by atoms with Crippen LogP contribution in [0, 0.1) is 0 Å². The van der Waals surface area contributed by atoms with Crippen LogP contribution in [0.25, 0.3) is 0 Å². The van der Waals surface area contributed by atoms with Crippen LogP contribution in [0.4, 0.5) is 0 Å². The fraction of sp³-hybridized carbons (Fsp3) is 0.857. The van der Waals surface area contributed by atoms with Crippen molar-refractivity contribution in [1.29, 1.82) is 0 Å². The van der Waals surface area contributed by atoms with Gasteiger partial charge in [-0.3, -0.25) is 4.90 Å². The second kappa shape index (κ2) is 7.08. The van der Waals surface area contributed by atoms with E-state index in [2.05, 4.69) is 43.6 Å². The Labute approximate surface area is 101 Å². The molecule has 2 heteroatoms. The summed E-state index contributed by atoms with van der Waals surface area (Å²) < 4.78 is 0. The Morgan fingerprint density at radius 3 is 2.56 bits per heavy atom. The largest absolute Gasteiger partial charge is 0.313 e. The van der Waals surface area contributed by atoms with Crippen LogP contribution in [0.15, 0.2) is 12.7 Å². The maximum atomic E-state index is 3.89. The number of hydrogen-bond acceptors (Lipinski definition) is 2. The minimum absolute atomic E-state index is 0.587. The van der Waals surface area contributed by atoms with Crippen LogP contribution in [0.5, 0.6) is 0 Å². The van der Waals surface area contributed by atoms with Crippen LogP contribution in [0.2, 0.25) is 0 Å². The van der Waals surface area contributed by atoms with Gasteiger partial charge < -0.3 is 5.32 Å². The van der Waals surface area contributed by atoms with Crippen LogP contribution in [0.3, 0.4) is 0 Å². The molecule has 0 heterocycles. The molecule has 16 heavy (non-hydrogen) atoms. The van der Waals surface area contributed by atoms with Gasteiger partial charge in [-0.05, 0) is 19.3 Å². The molecule has 1 rings (SSSR count). The average Bonchev–Trinajstić information content (AvgIpc) is 3.05. The molecule has 0 radical (unpaired) electrons. The molecule has 1 atom stereocenters. The summed E-state index contributed by atoms with van der Waals surface area (Å²) in [6.45, 7) is 12.8.